The molecule has 0 fully saturated rings. The number of H-pyrrole nitrogens is 1. The molecular formula is C9H9N5OS. The first kappa shape index (κ1) is 9.49. The van der Waals surface area contributed by atoms with E-state index in [1.807, 2.05) is 7.05 Å². The van der Waals surface area contributed by atoms with Gasteiger partial charge >= 0.3 is 0 Å². The maximum absolute atomic E-state index is 11.6. The Morgan fingerprint density at radius 1 is 1.62 bits per heavy atom. The molecule has 0 amide bonds. The molecule has 0 saturated heterocycles. The van der Waals surface area contributed by atoms with Crippen molar-refractivity contribution in [2.45, 2.75) is 6.54 Å². The van der Waals surface area contributed by atoms with Crippen LogP contribution in [0.15, 0.2) is 11.0 Å². The lowest BCUT2D eigenvalue weighted by molar-refractivity contribution is 0.940. The van der Waals surface area contributed by atoms with Gasteiger partial charge in [0.1, 0.15) is 10.5 Å². The lowest BCUT2D eigenvalue weighted by Gasteiger charge is -1.94. The number of aromatic nitrogens is 4. The number of aryl methyl sites for hydroxylation is 1. The second-order valence-electron chi connectivity index (χ2n) is 3.48. The summed E-state index contributed by atoms with van der Waals surface area (Å²) in [5.41, 5.74) is 6.75. The summed E-state index contributed by atoms with van der Waals surface area (Å²) in [6, 6.07) is 0. The van der Waals surface area contributed by atoms with E-state index >= 15 is 0 Å². The Labute approximate surface area is 93.7 Å². The molecule has 3 rings (SSSR count). The molecule has 0 aliphatic heterocycles. The summed E-state index contributed by atoms with van der Waals surface area (Å²) in [6.45, 7) is 0.414. The normalized spacial score (nSPS) is 11.6. The number of fused-ring (bicyclic) bond motifs is 3. The van der Waals surface area contributed by atoms with Crippen LogP contribution < -0.4 is 11.3 Å². The second-order valence-corrected chi connectivity index (χ2v) is 4.57. The van der Waals surface area contributed by atoms with Gasteiger partial charge in [-0.05, 0) is 0 Å². The van der Waals surface area contributed by atoms with Crippen LogP contribution in [0.3, 0.4) is 0 Å². The van der Waals surface area contributed by atoms with Crippen LogP contribution in [0.2, 0.25) is 0 Å². The van der Waals surface area contributed by atoms with Gasteiger partial charge in [-0.2, -0.15) is 5.10 Å². The molecule has 3 heterocycles. The third-order valence-corrected chi connectivity index (χ3v) is 3.66. The molecule has 0 bridgehead atoms. The van der Waals surface area contributed by atoms with E-state index in [1.165, 1.54) is 11.3 Å². The summed E-state index contributed by atoms with van der Waals surface area (Å²) >= 11 is 1.51. The van der Waals surface area contributed by atoms with Gasteiger partial charge in [-0.15, -0.1) is 11.3 Å². The van der Waals surface area contributed by atoms with Crippen LogP contribution in [0, 0.1) is 0 Å². The van der Waals surface area contributed by atoms with Gasteiger partial charge in [0.25, 0.3) is 5.56 Å². The molecule has 0 atom stereocenters. The smallest absolute Gasteiger partial charge is 0.288 e. The van der Waals surface area contributed by atoms with Crippen molar-refractivity contribution in [3.05, 3.63) is 21.6 Å². The van der Waals surface area contributed by atoms with Crippen LogP contribution in [0.4, 0.5) is 0 Å². The Balaban J connectivity index is 2.58. The van der Waals surface area contributed by atoms with Crippen LogP contribution in [0.5, 0.6) is 0 Å². The lowest BCUT2D eigenvalue weighted by atomic mass is 10.4. The number of hydrogen-bond donors (Lipinski definition) is 2. The van der Waals surface area contributed by atoms with Gasteiger partial charge in [0.15, 0.2) is 5.65 Å². The Kier molecular flexibility index (Phi) is 1.86. The minimum absolute atomic E-state index is 0.195. The summed E-state index contributed by atoms with van der Waals surface area (Å²) in [5, 5.41) is 7.92. The molecular weight excluding hydrogens is 226 g/mol. The molecule has 0 unspecified atom stereocenters. The number of thiazole rings is 1. The summed E-state index contributed by atoms with van der Waals surface area (Å²) < 4.78 is 2.75. The average Bonchev–Trinajstić information content (AvgIpc) is 2.80. The maximum atomic E-state index is 11.6. The Morgan fingerprint density at radius 2 is 2.44 bits per heavy atom. The van der Waals surface area contributed by atoms with Crippen molar-refractivity contribution in [3.8, 4) is 0 Å². The number of aromatic amines is 1. The van der Waals surface area contributed by atoms with Crippen LogP contribution >= 0.6 is 11.3 Å². The summed E-state index contributed by atoms with van der Waals surface area (Å²) in [7, 11) is 1.82. The Hall–Kier alpha value is -1.73. The number of nitrogens with zero attached hydrogens (tertiary/aromatic N) is 3. The largest absolute Gasteiger partial charge is 0.325 e. The monoisotopic (exact) mass is 235 g/mol. The zero-order valence-corrected chi connectivity index (χ0v) is 9.34. The van der Waals surface area contributed by atoms with E-state index in [0.717, 1.165) is 20.7 Å². The van der Waals surface area contributed by atoms with Gasteiger partial charge in [0, 0.05) is 19.0 Å². The van der Waals surface area contributed by atoms with Crippen molar-refractivity contribution in [1.29, 1.82) is 0 Å². The molecule has 0 aliphatic rings. The quantitative estimate of drug-likeness (QED) is 0.636. The third kappa shape index (κ3) is 1.06. The van der Waals surface area contributed by atoms with E-state index in [-0.39, 0.29) is 5.56 Å². The molecule has 0 saturated carbocycles. The van der Waals surface area contributed by atoms with E-state index < -0.39 is 0 Å². The predicted molar refractivity (Wildman–Crippen MR) is 62.4 cm³/mol. The second kappa shape index (κ2) is 3.13. The summed E-state index contributed by atoms with van der Waals surface area (Å²) in [6.07, 6.45) is 1.65. The number of rotatable bonds is 1. The number of nitrogens with two attached hydrogens (primary N) is 1. The molecule has 82 valence electrons. The van der Waals surface area contributed by atoms with Crippen LogP contribution in [0.25, 0.3) is 21.3 Å². The first-order chi connectivity index (χ1) is 7.72. The molecule has 7 heteroatoms. The van der Waals surface area contributed by atoms with Crippen molar-refractivity contribution in [3.63, 3.8) is 0 Å². The first-order valence-electron chi connectivity index (χ1n) is 4.74. The number of nitrogens with one attached hydrogen (secondary N) is 1. The third-order valence-electron chi connectivity index (χ3n) is 2.56. The molecule has 3 aromatic heterocycles. The highest BCUT2D eigenvalue weighted by Gasteiger charge is 2.15. The summed E-state index contributed by atoms with van der Waals surface area (Å²) in [5.74, 6) is 0. The zero-order valence-electron chi connectivity index (χ0n) is 8.52. The molecule has 3 aromatic rings. The molecule has 0 aromatic carbocycles. The summed E-state index contributed by atoms with van der Waals surface area (Å²) in [4.78, 5) is 16.0. The van der Waals surface area contributed by atoms with Gasteiger partial charge in [0.2, 0.25) is 0 Å². The van der Waals surface area contributed by atoms with E-state index in [2.05, 4.69) is 15.2 Å². The first-order valence-corrected chi connectivity index (χ1v) is 5.55. The molecule has 6 nitrogen and oxygen atoms in total. The highest BCUT2D eigenvalue weighted by Crippen LogP contribution is 2.30. The average molecular weight is 235 g/mol. The minimum atomic E-state index is -0.195. The van der Waals surface area contributed by atoms with Crippen molar-refractivity contribution in [2.75, 3.05) is 0 Å². The Morgan fingerprint density at radius 3 is 3.19 bits per heavy atom. The molecule has 0 aliphatic carbocycles. The lowest BCUT2D eigenvalue weighted by Crippen LogP contribution is -2.10. The van der Waals surface area contributed by atoms with E-state index in [4.69, 9.17) is 5.73 Å². The van der Waals surface area contributed by atoms with Gasteiger partial charge in [-0.25, -0.2) is 10.1 Å². The van der Waals surface area contributed by atoms with E-state index in [1.54, 1.807) is 10.8 Å². The van der Waals surface area contributed by atoms with Crippen molar-refractivity contribution < 1.29 is 0 Å². The van der Waals surface area contributed by atoms with Crippen molar-refractivity contribution >= 4 is 32.6 Å². The zero-order chi connectivity index (χ0) is 11.3. The van der Waals surface area contributed by atoms with Gasteiger partial charge in [-0.1, -0.05) is 0 Å². The maximum Gasteiger partial charge on any atom is 0.288 e. The van der Waals surface area contributed by atoms with Crippen molar-refractivity contribution in [1.82, 2.24) is 19.7 Å². The molecule has 16 heavy (non-hydrogen) atoms. The Bertz CT molecular complexity index is 737. The molecule has 0 spiro atoms. The predicted octanol–water partition coefficient (Wildman–Crippen LogP) is 0.330. The van der Waals surface area contributed by atoms with Crippen LogP contribution in [-0.2, 0) is 13.6 Å². The van der Waals surface area contributed by atoms with Crippen LogP contribution in [0.1, 0.15) is 5.01 Å². The molecule has 3 N–H and O–H groups in total. The fourth-order valence-electron chi connectivity index (χ4n) is 1.84. The van der Waals surface area contributed by atoms with Gasteiger partial charge < -0.3 is 10.3 Å². The minimum Gasteiger partial charge on any atom is -0.325 e. The fraction of sp³-hybridized carbons (Fsp3) is 0.222. The van der Waals surface area contributed by atoms with Crippen LogP contribution in [-0.4, -0.2) is 19.7 Å². The SMILES string of the molecule is Cn1c2nc(CN)sc2c2cn[nH]c(=O)c21. The van der Waals surface area contributed by atoms with Gasteiger partial charge in [0.05, 0.1) is 10.9 Å². The fourth-order valence-corrected chi connectivity index (χ4v) is 2.83. The van der Waals surface area contributed by atoms with E-state index in [9.17, 15) is 4.79 Å². The highest BCUT2D eigenvalue weighted by molar-refractivity contribution is 7.19. The van der Waals surface area contributed by atoms with Gasteiger partial charge in [-0.3, -0.25) is 4.79 Å². The highest BCUT2D eigenvalue weighted by atomic mass is 32.1. The van der Waals surface area contributed by atoms with E-state index in [0.29, 0.717) is 12.1 Å². The topological polar surface area (TPSA) is 89.6 Å². The molecule has 0 radical (unpaired) electrons. The standard InChI is InChI=1S/C9H9N5OS/c1-14-6-4(3-11-13-9(6)15)7-8(14)12-5(2-10)16-7/h3H,2,10H2,1H3,(H,13,15). The number of hydrogen-bond acceptors (Lipinski definition) is 5. The van der Waals surface area contributed by atoms with Crippen molar-refractivity contribution in [2.24, 2.45) is 12.8 Å².